The predicted octanol–water partition coefficient (Wildman–Crippen LogP) is 2.57. The fourth-order valence-electron chi connectivity index (χ4n) is 3.48. The van der Waals surface area contributed by atoms with Gasteiger partial charge in [-0.05, 0) is 50.5 Å². The van der Waals surface area contributed by atoms with Crippen LogP contribution in [0.25, 0.3) is 0 Å². The first-order valence-corrected chi connectivity index (χ1v) is 10.6. The SMILES string of the molecule is COC(=O)c1ccc(N2CCN(C)CC2)c(NC(=S)NC(=O)c2ccc(C)c([N+](=O)[O-])c2)c1. The standard InChI is InChI=1S/C22H25N5O5S/c1-14-4-5-15(13-19(14)27(30)31)20(28)24-22(33)23-17-12-16(21(29)32-3)6-7-18(17)26-10-8-25(2)9-11-26/h4-7,12-13H,8-11H2,1-3H3,(H2,23,24,28,33). The Labute approximate surface area is 196 Å². The van der Waals surface area contributed by atoms with E-state index in [0.29, 0.717) is 16.8 Å². The third-order valence-electron chi connectivity index (χ3n) is 5.40. The van der Waals surface area contributed by atoms with Crippen molar-refractivity contribution in [2.45, 2.75) is 6.92 Å². The zero-order valence-corrected chi connectivity index (χ0v) is 19.4. The smallest absolute Gasteiger partial charge is 0.337 e. The molecule has 174 valence electrons. The number of nitro groups is 1. The highest BCUT2D eigenvalue weighted by Gasteiger charge is 2.20. The van der Waals surface area contributed by atoms with E-state index in [-0.39, 0.29) is 16.4 Å². The van der Waals surface area contributed by atoms with Crippen molar-refractivity contribution in [2.75, 3.05) is 50.6 Å². The lowest BCUT2D eigenvalue weighted by molar-refractivity contribution is -0.385. The fraction of sp³-hybridized carbons (Fsp3) is 0.318. The molecule has 0 radical (unpaired) electrons. The van der Waals surface area contributed by atoms with Gasteiger partial charge in [-0.15, -0.1) is 0 Å². The summed E-state index contributed by atoms with van der Waals surface area (Å²) in [4.78, 5) is 39.7. The number of thiocarbonyl (C=S) groups is 1. The Morgan fingerprint density at radius 3 is 2.39 bits per heavy atom. The molecule has 2 aromatic rings. The largest absolute Gasteiger partial charge is 0.465 e. The van der Waals surface area contributed by atoms with Gasteiger partial charge in [-0.2, -0.15) is 0 Å². The van der Waals surface area contributed by atoms with Gasteiger partial charge in [0.15, 0.2) is 5.11 Å². The van der Waals surface area contributed by atoms with Crippen LogP contribution in [0.3, 0.4) is 0 Å². The average molecular weight is 472 g/mol. The van der Waals surface area contributed by atoms with Crippen molar-refractivity contribution in [2.24, 2.45) is 0 Å². The zero-order chi connectivity index (χ0) is 24.1. The Hall–Kier alpha value is -3.57. The van der Waals surface area contributed by atoms with Crippen LogP contribution in [0.1, 0.15) is 26.3 Å². The number of carbonyl (C=O) groups is 2. The number of nitrogens with zero attached hydrogens (tertiary/aromatic N) is 3. The molecular formula is C22H25N5O5S. The minimum atomic E-state index is -0.583. The highest BCUT2D eigenvalue weighted by molar-refractivity contribution is 7.80. The van der Waals surface area contributed by atoms with Crippen LogP contribution in [0.4, 0.5) is 17.1 Å². The number of carbonyl (C=O) groups excluding carboxylic acids is 2. The normalized spacial score (nSPS) is 13.8. The Balaban J connectivity index is 1.81. The van der Waals surface area contributed by atoms with E-state index in [2.05, 4.69) is 27.5 Å². The monoisotopic (exact) mass is 471 g/mol. The number of likely N-dealkylation sites (N-methyl/N-ethyl adjacent to an activating group) is 1. The maximum absolute atomic E-state index is 12.6. The summed E-state index contributed by atoms with van der Waals surface area (Å²) in [5.74, 6) is -1.08. The van der Waals surface area contributed by atoms with E-state index in [9.17, 15) is 19.7 Å². The molecule has 1 fully saturated rings. The molecule has 1 amide bonds. The molecular weight excluding hydrogens is 446 g/mol. The Morgan fingerprint density at radius 1 is 1.09 bits per heavy atom. The molecule has 1 saturated heterocycles. The number of esters is 1. The van der Waals surface area contributed by atoms with Gasteiger partial charge in [-0.1, -0.05) is 6.07 Å². The molecule has 3 rings (SSSR count). The molecule has 2 aromatic carbocycles. The van der Waals surface area contributed by atoms with Crippen molar-refractivity contribution < 1.29 is 19.2 Å². The van der Waals surface area contributed by atoms with Crippen LogP contribution in [0.15, 0.2) is 36.4 Å². The summed E-state index contributed by atoms with van der Waals surface area (Å²) in [7, 11) is 3.35. The van der Waals surface area contributed by atoms with E-state index in [4.69, 9.17) is 17.0 Å². The van der Waals surface area contributed by atoms with Crippen molar-refractivity contribution in [3.05, 3.63) is 63.2 Å². The summed E-state index contributed by atoms with van der Waals surface area (Å²) in [5.41, 5.74) is 2.12. The van der Waals surface area contributed by atoms with Gasteiger partial charge >= 0.3 is 5.97 Å². The Bertz CT molecular complexity index is 1100. The summed E-state index contributed by atoms with van der Waals surface area (Å²) >= 11 is 5.32. The predicted molar refractivity (Wildman–Crippen MR) is 129 cm³/mol. The van der Waals surface area contributed by atoms with Gasteiger partial charge in [-0.3, -0.25) is 20.2 Å². The van der Waals surface area contributed by atoms with E-state index in [1.165, 1.54) is 25.3 Å². The number of aryl methyl sites for hydroxylation is 1. The molecule has 1 heterocycles. The van der Waals surface area contributed by atoms with Gasteiger partial charge in [0.25, 0.3) is 11.6 Å². The minimum absolute atomic E-state index is 0.000575. The van der Waals surface area contributed by atoms with Crippen molar-refractivity contribution >= 4 is 46.3 Å². The fourth-order valence-corrected chi connectivity index (χ4v) is 3.68. The number of amides is 1. The zero-order valence-electron chi connectivity index (χ0n) is 18.6. The molecule has 1 aliphatic rings. The van der Waals surface area contributed by atoms with Gasteiger partial charge in [-0.25, -0.2) is 4.79 Å². The lowest BCUT2D eigenvalue weighted by Gasteiger charge is -2.35. The quantitative estimate of drug-likeness (QED) is 0.294. The Morgan fingerprint density at radius 2 is 1.76 bits per heavy atom. The number of hydrogen-bond donors (Lipinski definition) is 2. The van der Waals surface area contributed by atoms with Gasteiger partial charge in [0.05, 0.1) is 29.0 Å². The van der Waals surface area contributed by atoms with Gasteiger partial charge in [0.1, 0.15) is 0 Å². The van der Waals surface area contributed by atoms with Gasteiger partial charge in [0.2, 0.25) is 0 Å². The van der Waals surface area contributed by atoms with Crippen LogP contribution in [-0.2, 0) is 4.74 Å². The maximum atomic E-state index is 12.6. The van der Waals surface area contributed by atoms with Crippen LogP contribution in [-0.4, -0.2) is 67.1 Å². The summed E-state index contributed by atoms with van der Waals surface area (Å²) in [6.45, 7) is 4.93. The third kappa shape index (κ3) is 5.82. The highest BCUT2D eigenvalue weighted by atomic mass is 32.1. The molecule has 0 bridgehead atoms. The third-order valence-corrected chi connectivity index (χ3v) is 5.61. The van der Waals surface area contributed by atoms with Gasteiger partial charge in [0, 0.05) is 43.4 Å². The van der Waals surface area contributed by atoms with Gasteiger partial charge < -0.3 is 19.9 Å². The number of nitrogens with one attached hydrogen (secondary N) is 2. The minimum Gasteiger partial charge on any atom is -0.465 e. The van der Waals surface area contributed by atoms with E-state index in [1.54, 1.807) is 19.1 Å². The molecule has 0 atom stereocenters. The van der Waals surface area contributed by atoms with Crippen molar-refractivity contribution in [3.63, 3.8) is 0 Å². The topological polar surface area (TPSA) is 117 Å². The van der Waals surface area contributed by atoms with Crippen LogP contribution in [0, 0.1) is 17.0 Å². The van der Waals surface area contributed by atoms with E-state index in [0.717, 1.165) is 31.9 Å². The van der Waals surface area contributed by atoms with Crippen molar-refractivity contribution in [3.8, 4) is 0 Å². The van der Waals surface area contributed by atoms with Crippen LogP contribution >= 0.6 is 12.2 Å². The number of benzene rings is 2. The summed E-state index contributed by atoms with van der Waals surface area (Å²) in [6, 6.07) is 9.32. The number of methoxy groups -OCH3 is 1. The van der Waals surface area contributed by atoms with E-state index in [1.807, 2.05) is 6.07 Å². The first-order valence-electron chi connectivity index (χ1n) is 10.2. The molecule has 11 heteroatoms. The number of ether oxygens (including phenoxy) is 1. The second kappa shape index (κ2) is 10.4. The first kappa shape index (κ1) is 24.1. The van der Waals surface area contributed by atoms with Crippen LogP contribution < -0.4 is 15.5 Å². The second-order valence-corrected chi connectivity index (χ2v) is 8.09. The van der Waals surface area contributed by atoms with E-state index < -0.39 is 16.8 Å². The van der Waals surface area contributed by atoms with E-state index >= 15 is 0 Å². The molecule has 0 saturated carbocycles. The number of nitro benzene ring substituents is 1. The Kier molecular flexibility index (Phi) is 7.56. The molecule has 0 aromatic heterocycles. The number of hydrogen-bond acceptors (Lipinski definition) is 8. The summed E-state index contributed by atoms with van der Waals surface area (Å²) in [6.07, 6.45) is 0. The van der Waals surface area contributed by atoms with Crippen molar-refractivity contribution in [1.82, 2.24) is 10.2 Å². The molecule has 0 aliphatic carbocycles. The lowest BCUT2D eigenvalue weighted by atomic mass is 10.1. The average Bonchev–Trinajstić information content (AvgIpc) is 2.79. The summed E-state index contributed by atoms with van der Waals surface area (Å²) < 4.78 is 4.81. The molecule has 0 spiro atoms. The van der Waals surface area contributed by atoms with Crippen LogP contribution in [0.5, 0.6) is 0 Å². The molecule has 10 nitrogen and oxygen atoms in total. The first-order chi connectivity index (χ1) is 15.7. The molecule has 0 unspecified atom stereocenters. The molecule has 2 N–H and O–H groups in total. The maximum Gasteiger partial charge on any atom is 0.337 e. The summed E-state index contributed by atoms with van der Waals surface area (Å²) in [5, 5.41) is 16.7. The number of rotatable bonds is 5. The van der Waals surface area contributed by atoms with Crippen molar-refractivity contribution in [1.29, 1.82) is 0 Å². The van der Waals surface area contributed by atoms with Crippen LogP contribution in [0.2, 0.25) is 0 Å². The molecule has 33 heavy (non-hydrogen) atoms. The number of anilines is 2. The molecule has 1 aliphatic heterocycles. The second-order valence-electron chi connectivity index (χ2n) is 7.68. The lowest BCUT2D eigenvalue weighted by Crippen LogP contribution is -2.45. The number of piperazine rings is 1. The highest BCUT2D eigenvalue weighted by Crippen LogP contribution is 2.29.